The Balaban J connectivity index is 1.77. The third kappa shape index (κ3) is 8.01. The highest BCUT2D eigenvalue weighted by atomic mass is 35.5. The summed E-state index contributed by atoms with van der Waals surface area (Å²) >= 11 is 6.23. The van der Waals surface area contributed by atoms with Crippen molar-refractivity contribution >= 4 is 40.6 Å². The van der Waals surface area contributed by atoms with E-state index < -0.39 is 23.2 Å². The van der Waals surface area contributed by atoms with Crippen molar-refractivity contribution in [3.8, 4) is 5.75 Å². The van der Waals surface area contributed by atoms with Crippen molar-refractivity contribution in [3.05, 3.63) is 89.5 Å². The van der Waals surface area contributed by atoms with E-state index in [0.717, 1.165) is 18.4 Å². The van der Waals surface area contributed by atoms with Crippen LogP contribution in [0.15, 0.2) is 72.8 Å². The molecule has 0 heterocycles. The summed E-state index contributed by atoms with van der Waals surface area (Å²) in [4.78, 5) is 38.9. The Labute approximate surface area is 255 Å². The number of benzene rings is 3. The fourth-order valence-corrected chi connectivity index (χ4v) is 4.60. The number of para-hydroxylation sites is 1. The van der Waals surface area contributed by atoms with Crippen LogP contribution >= 0.6 is 11.6 Å². The van der Waals surface area contributed by atoms with Crippen molar-refractivity contribution in [3.63, 3.8) is 0 Å². The molecule has 3 aromatic rings. The Bertz CT molecular complexity index is 1400. The number of Topliss-reactive ketones (excluding diaryl/α,β-unsaturated/α-hetero) is 1. The lowest BCUT2D eigenvalue weighted by molar-refractivity contribution is -0.123. The van der Waals surface area contributed by atoms with Crippen molar-refractivity contribution in [2.75, 3.05) is 10.6 Å². The monoisotopic (exact) mass is 590 g/mol. The van der Waals surface area contributed by atoms with Crippen molar-refractivity contribution < 1.29 is 19.1 Å². The van der Waals surface area contributed by atoms with Gasteiger partial charge in [-0.1, -0.05) is 90.9 Å². The minimum atomic E-state index is -1.43. The number of hydrogen-bond donors (Lipinski definition) is 2. The van der Waals surface area contributed by atoms with E-state index in [1.165, 1.54) is 11.6 Å². The lowest BCUT2D eigenvalue weighted by atomic mass is 9.76. The number of alkyl halides is 1. The molecule has 2 unspecified atom stereocenters. The molecule has 42 heavy (non-hydrogen) atoms. The summed E-state index contributed by atoms with van der Waals surface area (Å²) in [5.74, 6) is -0.825. The molecule has 0 bridgehead atoms. The van der Waals surface area contributed by atoms with Gasteiger partial charge >= 0.3 is 0 Å². The van der Waals surface area contributed by atoms with Crippen LogP contribution in [0.25, 0.3) is 0 Å². The van der Waals surface area contributed by atoms with E-state index in [1.54, 1.807) is 42.5 Å². The standard InChI is InChI=1S/C35H43ClN2O4/c1-8-28(42-29-20-19-24(34(4,5)9-2)22-27(29)35(6,7)10-3)32(40)38-26-18-14-15-23(21-26)31(39)30(36)33(41)37-25-16-12-11-13-17-25/h11-22,28,30H,8-10H2,1-7H3,(H,37,41)(H,38,40). The smallest absolute Gasteiger partial charge is 0.265 e. The average molecular weight is 591 g/mol. The lowest BCUT2D eigenvalue weighted by Gasteiger charge is -2.31. The van der Waals surface area contributed by atoms with Gasteiger partial charge in [0.15, 0.2) is 17.3 Å². The highest BCUT2D eigenvalue weighted by molar-refractivity contribution is 6.45. The van der Waals surface area contributed by atoms with Crippen molar-refractivity contribution in [2.24, 2.45) is 0 Å². The van der Waals surface area contributed by atoms with Gasteiger partial charge in [-0.3, -0.25) is 14.4 Å². The summed E-state index contributed by atoms with van der Waals surface area (Å²) in [5.41, 5.74) is 3.35. The molecule has 2 atom stereocenters. The number of amides is 2. The Morgan fingerprint density at radius 2 is 1.38 bits per heavy atom. The number of rotatable bonds is 13. The zero-order valence-electron chi connectivity index (χ0n) is 25.7. The summed E-state index contributed by atoms with van der Waals surface area (Å²) in [7, 11) is 0. The molecule has 7 heteroatoms. The molecule has 3 aromatic carbocycles. The number of ether oxygens (including phenoxy) is 1. The van der Waals surface area contributed by atoms with Crippen LogP contribution < -0.4 is 15.4 Å². The van der Waals surface area contributed by atoms with Crippen LogP contribution in [0.2, 0.25) is 0 Å². The molecule has 0 aromatic heterocycles. The molecule has 0 saturated carbocycles. The van der Waals surface area contributed by atoms with Gasteiger partial charge in [-0.25, -0.2) is 0 Å². The fourth-order valence-electron chi connectivity index (χ4n) is 4.42. The molecule has 2 amide bonds. The topological polar surface area (TPSA) is 84.5 Å². The normalized spacial score (nSPS) is 13.1. The van der Waals surface area contributed by atoms with Gasteiger partial charge in [0.2, 0.25) is 5.91 Å². The molecule has 0 aliphatic heterocycles. The molecule has 0 radical (unpaired) electrons. The molecular weight excluding hydrogens is 548 g/mol. The number of ketones is 1. The van der Waals surface area contributed by atoms with Gasteiger partial charge in [0.05, 0.1) is 0 Å². The molecule has 0 aliphatic rings. The predicted molar refractivity (Wildman–Crippen MR) is 172 cm³/mol. The number of nitrogens with one attached hydrogen (secondary N) is 2. The van der Waals surface area contributed by atoms with E-state index >= 15 is 0 Å². The first-order valence-corrected chi connectivity index (χ1v) is 15.0. The quantitative estimate of drug-likeness (QED) is 0.119. The van der Waals surface area contributed by atoms with Gasteiger partial charge in [0.1, 0.15) is 5.75 Å². The number of anilines is 2. The van der Waals surface area contributed by atoms with Gasteiger partial charge in [0.25, 0.3) is 5.91 Å². The zero-order chi connectivity index (χ0) is 31.1. The van der Waals surface area contributed by atoms with E-state index in [-0.39, 0.29) is 22.3 Å². The number of carbonyl (C=O) groups is 3. The Kier molecular flexibility index (Phi) is 11.0. The minimum Gasteiger partial charge on any atom is -0.480 e. The summed E-state index contributed by atoms with van der Waals surface area (Å²) in [6.45, 7) is 15.1. The molecular formula is C35H43ClN2O4. The van der Waals surface area contributed by atoms with Crippen molar-refractivity contribution in [2.45, 2.75) is 90.0 Å². The van der Waals surface area contributed by atoms with Crippen LogP contribution in [-0.2, 0) is 20.4 Å². The maximum absolute atomic E-state index is 13.4. The van der Waals surface area contributed by atoms with E-state index in [1.807, 2.05) is 19.1 Å². The molecule has 3 rings (SSSR count). The number of carbonyl (C=O) groups excluding carboxylic acids is 3. The van der Waals surface area contributed by atoms with Crippen LogP contribution in [-0.4, -0.2) is 29.1 Å². The zero-order valence-corrected chi connectivity index (χ0v) is 26.5. The summed E-state index contributed by atoms with van der Waals surface area (Å²) in [6.07, 6.45) is 1.61. The summed E-state index contributed by atoms with van der Waals surface area (Å²) < 4.78 is 6.37. The van der Waals surface area contributed by atoms with Gasteiger partial charge < -0.3 is 15.4 Å². The van der Waals surface area contributed by atoms with Crippen LogP contribution in [0, 0.1) is 0 Å². The maximum Gasteiger partial charge on any atom is 0.265 e. The highest BCUT2D eigenvalue weighted by Crippen LogP contribution is 2.39. The Morgan fingerprint density at radius 3 is 2.00 bits per heavy atom. The maximum atomic E-state index is 13.4. The van der Waals surface area contributed by atoms with Crippen LogP contribution in [0.3, 0.4) is 0 Å². The summed E-state index contributed by atoms with van der Waals surface area (Å²) in [5, 5.41) is 4.09. The molecule has 0 spiro atoms. The SMILES string of the molecule is CCC(Oc1ccc(C(C)(C)CC)cc1C(C)(C)CC)C(=O)Nc1cccc(C(=O)C(Cl)C(=O)Nc2ccccc2)c1. The van der Waals surface area contributed by atoms with Gasteiger partial charge in [-0.15, -0.1) is 11.6 Å². The molecule has 224 valence electrons. The van der Waals surface area contributed by atoms with E-state index in [0.29, 0.717) is 23.5 Å². The van der Waals surface area contributed by atoms with Gasteiger partial charge in [0, 0.05) is 22.5 Å². The van der Waals surface area contributed by atoms with Crippen LogP contribution in [0.1, 0.15) is 89.2 Å². The van der Waals surface area contributed by atoms with Crippen molar-refractivity contribution in [1.82, 2.24) is 0 Å². The Hall–Kier alpha value is -3.64. The van der Waals surface area contributed by atoms with E-state index in [2.05, 4.69) is 64.3 Å². The second kappa shape index (κ2) is 14.0. The second-order valence-electron chi connectivity index (χ2n) is 11.9. The summed E-state index contributed by atoms with van der Waals surface area (Å²) in [6, 6.07) is 21.5. The average Bonchev–Trinajstić information content (AvgIpc) is 2.99. The number of halogens is 1. The molecule has 0 aliphatic carbocycles. The first-order chi connectivity index (χ1) is 19.8. The predicted octanol–water partition coefficient (Wildman–Crippen LogP) is 8.29. The first-order valence-electron chi connectivity index (χ1n) is 14.6. The molecule has 6 nitrogen and oxygen atoms in total. The van der Waals surface area contributed by atoms with Gasteiger partial charge in [-0.05, 0) is 66.0 Å². The molecule has 0 saturated heterocycles. The van der Waals surface area contributed by atoms with E-state index in [9.17, 15) is 14.4 Å². The van der Waals surface area contributed by atoms with E-state index in [4.69, 9.17) is 16.3 Å². The third-order valence-corrected chi connectivity index (χ3v) is 8.50. The number of hydrogen-bond acceptors (Lipinski definition) is 4. The largest absolute Gasteiger partial charge is 0.480 e. The van der Waals surface area contributed by atoms with Crippen LogP contribution in [0.4, 0.5) is 11.4 Å². The first kappa shape index (κ1) is 32.9. The molecule has 2 N–H and O–H groups in total. The van der Waals surface area contributed by atoms with Crippen LogP contribution in [0.5, 0.6) is 5.75 Å². The Morgan fingerprint density at radius 1 is 0.762 bits per heavy atom. The van der Waals surface area contributed by atoms with Crippen molar-refractivity contribution in [1.29, 1.82) is 0 Å². The third-order valence-electron chi connectivity index (χ3n) is 8.11. The lowest BCUT2D eigenvalue weighted by Crippen LogP contribution is -2.33. The minimum absolute atomic E-state index is 0.0192. The fraction of sp³-hybridized carbons (Fsp3) is 0.400. The second-order valence-corrected chi connectivity index (χ2v) is 12.3. The van der Waals surface area contributed by atoms with Gasteiger partial charge in [-0.2, -0.15) is 0 Å². The highest BCUT2D eigenvalue weighted by Gasteiger charge is 2.29. The molecule has 0 fully saturated rings.